The van der Waals surface area contributed by atoms with E-state index in [9.17, 15) is 0 Å². The molecule has 2 saturated heterocycles. The summed E-state index contributed by atoms with van der Waals surface area (Å²) in [6.45, 7) is 10.4. The van der Waals surface area contributed by atoms with Gasteiger partial charge in [-0.2, -0.15) is 9.97 Å². The second kappa shape index (κ2) is 17.0. The number of hydrogen-bond donors (Lipinski definition) is 0. The first kappa shape index (κ1) is 33.3. The first-order valence-corrected chi connectivity index (χ1v) is 15.2. The van der Waals surface area contributed by atoms with Crippen LogP contribution in [0.5, 0.6) is 0 Å². The Bertz CT molecular complexity index is 1110. The number of morpholine rings is 1. The molecule has 14 heteroatoms. The summed E-state index contributed by atoms with van der Waals surface area (Å²) in [6.07, 6.45) is 2.12. The Balaban J connectivity index is 1.92. The minimum absolute atomic E-state index is 0.0639. The minimum atomic E-state index is 0.0639. The Hall–Kier alpha value is -2.62. The van der Waals surface area contributed by atoms with Gasteiger partial charge in [-0.3, -0.25) is 0 Å². The molecule has 4 heterocycles. The summed E-state index contributed by atoms with van der Waals surface area (Å²) < 4.78 is 33.3. The lowest BCUT2D eigenvalue weighted by atomic mass is 10.1. The number of methoxy groups -OCH3 is 5. The van der Waals surface area contributed by atoms with Gasteiger partial charge in [0.15, 0.2) is 11.6 Å². The van der Waals surface area contributed by atoms with Crippen LogP contribution in [0, 0.1) is 0 Å². The first-order valence-electron chi connectivity index (χ1n) is 15.2. The summed E-state index contributed by atoms with van der Waals surface area (Å²) in [5.41, 5.74) is 1.46. The molecule has 2 aromatic rings. The number of ether oxygens (including phenoxy) is 6. The number of aromatic nitrogens is 4. The lowest BCUT2D eigenvalue weighted by Gasteiger charge is -2.35. The smallest absolute Gasteiger partial charge is 0.228 e. The van der Waals surface area contributed by atoms with Gasteiger partial charge < -0.3 is 48.0 Å². The average molecular weight is 607 g/mol. The maximum absolute atomic E-state index is 5.90. The lowest BCUT2D eigenvalue weighted by molar-refractivity contribution is 0.0530. The van der Waals surface area contributed by atoms with Gasteiger partial charge in [0.25, 0.3) is 0 Å². The lowest BCUT2D eigenvalue weighted by Crippen LogP contribution is -2.42. The minimum Gasteiger partial charge on any atom is -0.383 e. The van der Waals surface area contributed by atoms with Gasteiger partial charge in [-0.25, -0.2) is 9.97 Å². The number of hydrogen-bond acceptors (Lipinski definition) is 14. The van der Waals surface area contributed by atoms with Crippen LogP contribution in [0.1, 0.15) is 19.8 Å². The second-order valence-electron chi connectivity index (χ2n) is 10.9. The van der Waals surface area contributed by atoms with Gasteiger partial charge in [0.05, 0.1) is 45.2 Å². The fourth-order valence-electron chi connectivity index (χ4n) is 5.43. The highest BCUT2D eigenvalue weighted by molar-refractivity contribution is 5.95. The molecule has 0 amide bonds. The van der Waals surface area contributed by atoms with Crippen molar-refractivity contribution in [3.63, 3.8) is 0 Å². The van der Waals surface area contributed by atoms with Crippen molar-refractivity contribution in [1.82, 2.24) is 19.9 Å². The van der Waals surface area contributed by atoms with Crippen LogP contribution in [-0.2, 0) is 28.4 Å². The van der Waals surface area contributed by atoms with Gasteiger partial charge in [0.2, 0.25) is 11.9 Å². The molecule has 43 heavy (non-hydrogen) atoms. The van der Waals surface area contributed by atoms with E-state index in [-0.39, 0.29) is 12.2 Å². The van der Waals surface area contributed by atoms with Crippen molar-refractivity contribution in [2.45, 2.75) is 32.0 Å². The van der Waals surface area contributed by atoms with E-state index in [0.717, 1.165) is 48.6 Å². The van der Waals surface area contributed by atoms with E-state index >= 15 is 0 Å². The molecule has 0 aromatic carbocycles. The van der Waals surface area contributed by atoms with Crippen molar-refractivity contribution in [1.29, 1.82) is 0 Å². The Morgan fingerprint density at radius 1 is 0.674 bits per heavy atom. The van der Waals surface area contributed by atoms with E-state index in [1.807, 2.05) is 0 Å². The molecular formula is C29H50N8O6. The van der Waals surface area contributed by atoms with E-state index < -0.39 is 0 Å². The third kappa shape index (κ3) is 8.73. The number of fused-ring (bicyclic) bond motifs is 1. The van der Waals surface area contributed by atoms with E-state index in [0.29, 0.717) is 84.2 Å². The van der Waals surface area contributed by atoms with Crippen LogP contribution in [0.25, 0.3) is 11.0 Å². The van der Waals surface area contributed by atoms with Gasteiger partial charge in [0.1, 0.15) is 11.0 Å². The third-order valence-corrected chi connectivity index (χ3v) is 7.93. The van der Waals surface area contributed by atoms with E-state index in [4.69, 9.17) is 48.4 Å². The molecule has 4 rings (SSSR count). The number of rotatable bonds is 17. The predicted octanol–water partition coefficient (Wildman–Crippen LogP) is 1.46. The summed E-state index contributed by atoms with van der Waals surface area (Å²) in [6, 6.07) is 0. The highest BCUT2D eigenvalue weighted by Crippen LogP contribution is 2.34. The van der Waals surface area contributed by atoms with Gasteiger partial charge >= 0.3 is 0 Å². The van der Waals surface area contributed by atoms with Gasteiger partial charge in [0, 0.05) is 87.9 Å². The largest absolute Gasteiger partial charge is 0.383 e. The number of nitrogens with zero attached hydrogens (tertiary/aromatic N) is 8. The Labute approximate surface area is 255 Å². The summed E-state index contributed by atoms with van der Waals surface area (Å²) in [7, 11) is 8.59. The van der Waals surface area contributed by atoms with Crippen molar-refractivity contribution < 1.29 is 28.4 Å². The quantitative estimate of drug-likeness (QED) is 0.258. The fraction of sp³-hybridized carbons (Fsp3) is 0.793. The molecule has 0 bridgehead atoms. The van der Waals surface area contributed by atoms with E-state index in [2.05, 4.69) is 26.5 Å². The maximum Gasteiger partial charge on any atom is 0.228 e. The molecule has 2 aliphatic heterocycles. The SMILES string of the molecule is COCCN(CCOC)c1nc(N2CCOC(C)C2)c2nc(N(CCOC)CCOC)nc(N3CCC(OC)CC3)c2n1. The normalized spacial score (nSPS) is 18.0. The highest BCUT2D eigenvalue weighted by atomic mass is 16.5. The van der Waals surface area contributed by atoms with E-state index in [1.165, 1.54) is 0 Å². The molecule has 14 nitrogen and oxygen atoms in total. The van der Waals surface area contributed by atoms with Crippen LogP contribution in [0.15, 0.2) is 0 Å². The second-order valence-corrected chi connectivity index (χ2v) is 10.9. The van der Waals surface area contributed by atoms with Crippen molar-refractivity contribution in [3.8, 4) is 0 Å². The monoisotopic (exact) mass is 606 g/mol. The van der Waals surface area contributed by atoms with Crippen LogP contribution in [0.3, 0.4) is 0 Å². The molecule has 0 N–H and O–H groups in total. The fourth-order valence-corrected chi connectivity index (χ4v) is 5.43. The standard InChI is InChI=1S/C29H50N8O6/c1-22-21-37(15-20-43-22)27-25-24(30-29(33-27)36(13-18-40-4)14-19-41-5)26(34-9-7-23(42-6)8-10-34)32-28(31-25)35(11-16-38-2)12-17-39-3/h22-23H,7-21H2,1-6H3. The average Bonchev–Trinajstić information content (AvgIpc) is 3.04. The molecule has 1 unspecified atom stereocenters. The number of piperidine rings is 1. The molecule has 2 aromatic heterocycles. The summed E-state index contributed by atoms with van der Waals surface area (Å²) in [5.74, 6) is 2.81. The van der Waals surface area contributed by atoms with Crippen LogP contribution < -0.4 is 19.6 Å². The zero-order chi connectivity index (χ0) is 30.6. The molecule has 0 radical (unpaired) electrons. The zero-order valence-corrected chi connectivity index (χ0v) is 26.8. The summed E-state index contributed by atoms with van der Waals surface area (Å²) >= 11 is 0. The first-order chi connectivity index (χ1) is 21.0. The third-order valence-electron chi connectivity index (χ3n) is 7.93. The Morgan fingerprint density at radius 2 is 1.14 bits per heavy atom. The molecule has 242 valence electrons. The molecular weight excluding hydrogens is 556 g/mol. The van der Waals surface area contributed by atoms with Crippen LogP contribution >= 0.6 is 0 Å². The molecule has 2 fully saturated rings. The van der Waals surface area contributed by atoms with Crippen molar-refractivity contribution in [2.24, 2.45) is 0 Å². The summed E-state index contributed by atoms with van der Waals surface area (Å²) in [5, 5.41) is 0. The number of anilines is 4. The van der Waals surface area contributed by atoms with Crippen LogP contribution in [-0.4, -0.2) is 153 Å². The predicted molar refractivity (Wildman–Crippen MR) is 167 cm³/mol. The summed E-state index contributed by atoms with van der Waals surface area (Å²) in [4.78, 5) is 29.5. The van der Waals surface area contributed by atoms with Gasteiger partial charge in [-0.1, -0.05) is 0 Å². The van der Waals surface area contributed by atoms with Crippen molar-refractivity contribution in [3.05, 3.63) is 0 Å². The molecule has 2 aliphatic rings. The maximum atomic E-state index is 5.90. The van der Waals surface area contributed by atoms with Crippen molar-refractivity contribution >= 4 is 34.6 Å². The molecule has 0 aliphatic carbocycles. The Morgan fingerprint density at radius 3 is 1.56 bits per heavy atom. The highest BCUT2D eigenvalue weighted by Gasteiger charge is 2.29. The van der Waals surface area contributed by atoms with Crippen molar-refractivity contribution in [2.75, 3.05) is 141 Å². The van der Waals surface area contributed by atoms with E-state index in [1.54, 1.807) is 35.5 Å². The topological polar surface area (TPSA) is 120 Å². The van der Waals surface area contributed by atoms with Crippen LogP contribution in [0.2, 0.25) is 0 Å². The molecule has 0 spiro atoms. The Kier molecular flexibility index (Phi) is 13.2. The van der Waals surface area contributed by atoms with Gasteiger partial charge in [-0.05, 0) is 19.8 Å². The molecule has 1 atom stereocenters. The van der Waals surface area contributed by atoms with Crippen LogP contribution in [0.4, 0.5) is 23.5 Å². The van der Waals surface area contributed by atoms with Gasteiger partial charge in [-0.15, -0.1) is 0 Å². The zero-order valence-electron chi connectivity index (χ0n) is 26.8. The molecule has 0 saturated carbocycles.